The molecule has 1 aliphatic heterocycles. The quantitative estimate of drug-likeness (QED) is 0.442. The summed E-state index contributed by atoms with van der Waals surface area (Å²) < 4.78 is 24.8. The zero-order valence-corrected chi connectivity index (χ0v) is 18.0. The standard InChI is InChI=1S/C25H20FN3O4/c1-14-22-18(12-20(27-23(22)33-28-14)17-9-5-6-10-19(17)26)24(30)29-13-16-8-4-3-7-15(16)11-21(29)25(31)32-2/h3-10,12,21H,11,13H2,1-2H3/t21-/m1/s1. The molecule has 1 amide bonds. The highest BCUT2D eigenvalue weighted by atomic mass is 19.1. The normalized spacial score (nSPS) is 15.4. The highest BCUT2D eigenvalue weighted by molar-refractivity contribution is 6.08. The molecule has 0 saturated carbocycles. The van der Waals surface area contributed by atoms with Gasteiger partial charge in [-0.25, -0.2) is 14.2 Å². The van der Waals surface area contributed by atoms with E-state index in [1.165, 1.54) is 24.1 Å². The number of esters is 1. The van der Waals surface area contributed by atoms with Crippen molar-refractivity contribution in [2.45, 2.75) is 25.9 Å². The number of benzene rings is 2. The number of rotatable bonds is 3. The molecule has 5 rings (SSSR count). The topological polar surface area (TPSA) is 85.5 Å². The molecular weight excluding hydrogens is 425 g/mol. The van der Waals surface area contributed by atoms with E-state index in [4.69, 9.17) is 9.26 Å². The van der Waals surface area contributed by atoms with Crippen molar-refractivity contribution >= 4 is 23.0 Å². The molecule has 4 aromatic rings. The molecule has 166 valence electrons. The molecule has 7 nitrogen and oxygen atoms in total. The van der Waals surface area contributed by atoms with Gasteiger partial charge >= 0.3 is 5.97 Å². The average Bonchev–Trinajstić information content (AvgIpc) is 3.22. The van der Waals surface area contributed by atoms with Crippen molar-refractivity contribution in [2.24, 2.45) is 0 Å². The van der Waals surface area contributed by atoms with Crippen molar-refractivity contribution in [1.29, 1.82) is 0 Å². The summed E-state index contributed by atoms with van der Waals surface area (Å²) in [6.45, 7) is 1.94. The second-order valence-electron chi connectivity index (χ2n) is 7.93. The Morgan fingerprint density at radius 2 is 1.85 bits per heavy atom. The SMILES string of the molecule is COC(=O)[C@H]1Cc2ccccc2CN1C(=O)c1cc(-c2ccccc2F)nc2onc(C)c12. The summed E-state index contributed by atoms with van der Waals surface area (Å²) in [5, 5.41) is 4.39. The molecule has 33 heavy (non-hydrogen) atoms. The van der Waals surface area contributed by atoms with Crippen LogP contribution in [-0.4, -0.2) is 40.1 Å². The van der Waals surface area contributed by atoms with Gasteiger partial charge in [0.25, 0.3) is 11.6 Å². The molecule has 8 heteroatoms. The van der Waals surface area contributed by atoms with Crippen molar-refractivity contribution < 1.29 is 23.2 Å². The number of hydrogen-bond acceptors (Lipinski definition) is 6. The molecule has 0 radical (unpaired) electrons. The Morgan fingerprint density at radius 3 is 2.61 bits per heavy atom. The maximum absolute atomic E-state index is 14.5. The number of methoxy groups -OCH3 is 1. The van der Waals surface area contributed by atoms with Crippen LogP contribution in [0.25, 0.3) is 22.4 Å². The van der Waals surface area contributed by atoms with Gasteiger partial charge < -0.3 is 14.2 Å². The van der Waals surface area contributed by atoms with E-state index in [1.807, 2.05) is 24.3 Å². The first-order valence-corrected chi connectivity index (χ1v) is 10.5. The number of carbonyl (C=O) groups is 2. The summed E-state index contributed by atoms with van der Waals surface area (Å²) in [5.74, 6) is -1.38. The molecular formula is C25H20FN3O4. The second-order valence-corrected chi connectivity index (χ2v) is 7.93. The largest absolute Gasteiger partial charge is 0.467 e. The Bertz CT molecular complexity index is 1400. The maximum Gasteiger partial charge on any atom is 0.328 e. The fourth-order valence-corrected chi connectivity index (χ4v) is 4.31. The van der Waals surface area contributed by atoms with Crippen LogP contribution >= 0.6 is 0 Å². The van der Waals surface area contributed by atoms with Gasteiger partial charge in [-0.3, -0.25) is 4.79 Å². The van der Waals surface area contributed by atoms with Gasteiger partial charge in [-0.1, -0.05) is 41.6 Å². The Kier molecular flexibility index (Phi) is 5.12. The lowest BCUT2D eigenvalue weighted by Crippen LogP contribution is -2.49. The number of carbonyl (C=O) groups excluding carboxylic acids is 2. The van der Waals surface area contributed by atoms with Crippen LogP contribution in [0, 0.1) is 12.7 Å². The Labute approximate surface area is 188 Å². The monoisotopic (exact) mass is 445 g/mol. The zero-order chi connectivity index (χ0) is 23.1. The molecule has 0 bridgehead atoms. The van der Waals surface area contributed by atoms with Gasteiger partial charge in [-0.05, 0) is 36.2 Å². The van der Waals surface area contributed by atoms with Gasteiger partial charge in [0.05, 0.1) is 29.4 Å². The molecule has 0 unspecified atom stereocenters. The lowest BCUT2D eigenvalue weighted by molar-refractivity contribution is -0.146. The fourth-order valence-electron chi connectivity index (χ4n) is 4.31. The van der Waals surface area contributed by atoms with E-state index >= 15 is 0 Å². The van der Waals surface area contributed by atoms with Gasteiger partial charge in [0, 0.05) is 18.5 Å². The van der Waals surface area contributed by atoms with E-state index in [-0.39, 0.29) is 29.1 Å². The summed E-state index contributed by atoms with van der Waals surface area (Å²) >= 11 is 0. The Hall–Kier alpha value is -4.07. The van der Waals surface area contributed by atoms with E-state index in [0.29, 0.717) is 17.5 Å². The van der Waals surface area contributed by atoms with Crippen LogP contribution in [-0.2, 0) is 22.5 Å². The van der Waals surface area contributed by atoms with E-state index < -0.39 is 23.7 Å². The molecule has 2 aromatic carbocycles. The number of halogens is 1. The van der Waals surface area contributed by atoms with Gasteiger partial charge in [0.1, 0.15) is 11.9 Å². The number of hydrogen-bond donors (Lipinski definition) is 0. The summed E-state index contributed by atoms with van der Waals surface area (Å²) in [4.78, 5) is 32.4. The molecule has 0 fully saturated rings. The van der Waals surface area contributed by atoms with E-state index in [0.717, 1.165) is 11.1 Å². The van der Waals surface area contributed by atoms with Crippen LogP contribution < -0.4 is 0 Å². The third kappa shape index (κ3) is 3.53. The molecule has 0 spiro atoms. The Balaban J connectivity index is 1.66. The molecule has 3 heterocycles. The highest BCUT2D eigenvalue weighted by Crippen LogP contribution is 2.32. The van der Waals surface area contributed by atoms with E-state index in [9.17, 15) is 14.0 Å². The third-order valence-corrected chi connectivity index (χ3v) is 5.98. The van der Waals surface area contributed by atoms with Gasteiger partial charge in [0.2, 0.25) is 0 Å². The van der Waals surface area contributed by atoms with Crippen LogP contribution in [0.1, 0.15) is 27.2 Å². The lowest BCUT2D eigenvalue weighted by atomic mass is 9.93. The van der Waals surface area contributed by atoms with Crippen LogP contribution in [0.15, 0.2) is 59.1 Å². The zero-order valence-electron chi connectivity index (χ0n) is 18.0. The summed E-state index contributed by atoms with van der Waals surface area (Å²) in [6, 6.07) is 14.6. The third-order valence-electron chi connectivity index (χ3n) is 5.98. The number of amides is 1. The maximum atomic E-state index is 14.5. The van der Waals surface area contributed by atoms with Gasteiger partial charge in [0.15, 0.2) is 0 Å². The minimum Gasteiger partial charge on any atom is -0.467 e. The van der Waals surface area contributed by atoms with Crippen LogP contribution in [0.4, 0.5) is 4.39 Å². The molecule has 0 aliphatic carbocycles. The minimum atomic E-state index is -0.794. The summed E-state index contributed by atoms with van der Waals surface area (Å²) in [7, 11) is 1.30. The predicted molar refractivity (Wildman–Crippen MR) is 118 cm³/mol. The summed E-state index contributed by atoms with van der Waals surface area (Å²) in [6.07, 6.45) is 0.339. The van der Waals surface area contributed by atoms with Crippen molar-refractivity contribution in [1.82, 2.24) is 15.0 Å². The number of fused-ring (bicyclic) bond motifs is 2. The number of ether oxygens (including phenoxy) is 1. The molecule has 1 aliphatic rings. The van der Waals surface area contributed by atoms with Crippen molar-refractivity contribution in [3.8, 4) is 11.3 Å². The fraction of sp³-hybridized carbons (Fsp3) is 0.200. The number of aryl methyl sites for hydroxylation is 1. The predicted octanol–water partition coefficient (Wildman–Crippen LogP) is 4.08. The molecule has 0 saturated heterocycles. The number of aromatic nitrogens is 2. The highest BCUT2D eigenvalue weighted by Gasteiger charge is 2.37. The van der Waals surface area contributed by atoms with E-state index in [2.05, 4.69) is 10.1 Å². The molecule has 1 atom stereocenters. The Morgan fingerprint density at radius 1 is 1.12 bits per heavy atom. The first-order chi connectivity index (χ1) is 16.0. The van der Waals surface area contributed by atoms with Crippen LogP contribution in [0.2, 0.25) is 0 Å². The first kappa shape index (κ1) is 20.8. The van der Waals surface area contributed by atoms with Crippen molar-refractivity contribution in [3.63, 3.8) is 0 Å². The summed E-state index contributed by atoms with van der Waals surface area (Å²) in [5.41, 5.74) is 3.27. The minimum absolute atomic E-state index is 0.128. The van der Waals surface area contributed by atoms with Crippen LogP contribution in [0.5, 0.6) is 0 Å². The lowest BCUT2D eigenvalue weighted by Gasteiger charge is -2.35. The van der Waals surface area contributed by atoms with E-state index in [1.54, 1.807) is 25.1 Å². The van der Waals surface area contributed by atoms with Crippen molar-refractivity contribution in [3.05, 3.63) is 82.8 Å². The molecule has 2 aromatic heterocycles. The van der Waals surface area contributed by atoms with Crippen molar-refractivity contribution in [2.75, 3.05) is 7.11 Å². The molecule has 0 N–H and O–H groups in total. The van der Waals surface area contributed by atoms with Gasteiger partial charge in [-0.2, -0.15) is 0 Å². The second kappa shape index (κ2) is 8.12. The average molecular weight is 445 g/mol. The number of pyridine rings is 1. The van der Waals surface area contributed by atoms with Crippen LogP contribution in [0.3, 0.4) is 0 Å². The smallest absolute Gasteiger partial charge is 0.328 e. The number of nitrogens with zero attached hydrogens (tertiary/aromatic N) is 3. The first-order valence-electron chi connectivity index (χ1n) is 10.5. The van der Waals surface area contributed by atoms with Gasteiger partial charge in [-0.15, -0.1) is 0 Å².